The highest BCUT2D eigenvalue weighted by Gasteiger charge is 2.09. The van der Waals surface area contributed by atoms with E-state index >= 15 is 0 Å². The minimum absolute atomic E-state index is 0.290. The summed E-state index contributed by atoms with van der Waals surface area (Å²) >= 11 is 5.43. The molecule has 0 aliphatic rings. The van der Waals surface area contributed by atoms with Gasteiger partial charge >= 0.3 is 0 Å². The van der Waals surface area contributed by atoms with Crippen LogP contribution in [0.1, 0.15) is 25.1 Å². The lowest BCUT2D eigenvalue weighted by molar-refractivity contribution is 0.415. The van der Waals surface area contributed by atoms with Crippen molar-refractivity contribution >= 4 is 28.1 Å². The van der Waals surface area contributed by atoms with Gasteiger partial charge in [0.05, 0.1) is 24.1 Å². The molecule has 0 unspecified atom stereocenters. The number of hydrogen-bond donors (Lipinski definition) is 2. The maximum Gasteiger partial charge on any atom is 0.130 e. The number of ether oxygens (including phenoxy) is 1. The van der Waals surface area contributed by atoms with Gasteiger partial charge in [-0.2, -0.15) is 0 Å². The van der Waals surface area contributed by atoms with Gasteiger partial charge < -0.3 is 15.4 Å². The third-order valence-corrected chi connectivity index (χ3v) is 3.50. The van der Waals surface area contributed by atoms with E-state index in [2.05, 4.69) is 22.2 Å². The molecule has 2 rings (SSSR count). The first-order valence-corrected chi connectivity index (χ1v) is 7.53. The van der Waals surface area contributed by atoms with Crippen LogP contribution >= 0.6 is 12.2 Å². The van der Waals surface area contributed by atoms with E-state index in [1.807, 2.05) is 45.0 Å². The van der Waals surface area contributed by atoms with E-state index in [9.17, 15) is 0 Å². The zero-order valence-electron chi connectivity index (χ0n) is 13.4. The molecule has 4 nitrogen and oxygen atoms in total. The number of nitrogens with zero attached hydrogens (tertiary/aromatic N) is 1. The SMILES string of the molecule is C=C(NC(=S)c1cc(C)c2ccc(OC)cc2n1)NC(C)C. The van der Waals surface area contributed by atoms with Crippen molar-refractivity contribution in [3.63, 3.8) is 0 Å². The van der Waals surface area contributed by atoms with Crippen molar-refractivity contribution in [2.24, 2.45) is 0 Å². The van der Waals surface area contributed by atoms with Crippen molar-refractivity contribution in [1.82, 2.24) is 15.6 Å². The molecule has 0 atom stereocenters. The number of aryl methyl sites for hydroxylation is 1. The summed E-state index contributed by atoms with van der Waals surface area (Å²) in [6.07, 6.45) is 0. The Morgan fingerprint density at radius 3 is 2.68 bits per heavy atom. The molecular formula is C17H21N3OS. The van der Waals surface area contributed by atoms with Gasteiger partial charge in [0.15, 0.2) is 0 Å². The van der Waals surface area contributed by atoms with E-state index in [0.29, 0.717) is 16.9 Å². The van der Waals surface area contributed by atoms with Gasteiger partial charge in [-0.3, -0.25) is 0 Å². The maximum atomic E-state index is 5.43. The van der Waals surface area contributed by atoms with Crippen molar-refractivity contribution in [2.75, 3.05) is 7.11 Å². The Balaban J connectivity index is 2.31. The minimum atomic E-state index is 0.290. The Morgan fingerprint density at radius 2 is 2.05 bits per heavy atom. The molecule has 0 aliphatic heterocycles. The number of methoxy groups -OCH3 is 1. The molecule has 116 valence electrons. The molecule has 0 spiro atoms. The molecule has 5 heteroatoms. The van der Waals surface area contributed by atoms with Crippen LogP contribution in [-0.4, -0.2) is 23.1 Å². The fourth-order valence-electron chi connectivity index (χ4n) is 2.21. The molecular weight excluding hydrogens is 294 g/mol. The largest absolute Gasteiger partial charge is 0.497 e. The van der Waals surface area contributed by atoms with Gasteiger partial charge in [0.25, 0.3) is 0 Å². The summed E-state index contributed by atoms with van der Waals surface area (Å²) in [4.78, 5) is 5.17. The normalized spacial score (nSPS) is 10.6. The highest BCUT2D eigenvalue weighted by atomic mass is 32.1. The summed E-state index contributed by atoms with van der Waals surface area (Å²) in [7, 11) is 1.64. The van der Waals surface area contributed by atoms with Gasteiger partial charge in [0.1, 0.15) is 10.7 Å². The van der Waals surface area contributed by atoms with E-state index < -0.39 is 0 Å². The lowest BCUT2D eigenvalue weighted by atomic mass is 10.1. The number of fused-ring (bicyclic) bond motifs is 1. The van der Waals surface area contributed by atoms with Gasteiger partial charge in [-0.15, -0.1) is 0 Å². The summed E-state index contributed by atoms with van der Waals surface area (Å²) in [6.45, 7) is 10.0. The smallest absolute Gasteiger partial charge is 0.130 e. The summed E-state index contributed by atoms with van der Waals surface area (Å²) in [5.41, 5.74) is 2.70. The molecule has 0 saturated carbocycles. The predicted molar refractivity (Wildman–Crippen MR) is 95.3 cm³/mol. The Kier molecular flexibility index (Phi) is 4.98. The van der Waals surface area contributed by atoms with Crippen LogP contribution in [0.3, 0.4) is 0 Å². The number of pyridine rings is 1. The van der Waals surface area contributed by atoms with Crippen LogP contribution in [-0.2, 0) is 0 Å². The fourth-order valence-corrected chi connectivity index (χ4v) is 2.44. The van der Waals surface area contributed by atoms with Crippen molar-refractivity contribution in [2.45, 2.75) is 26.8 Å². The second-order valence-electron chi connectivity index (χ2n) is 5.44. The molecule has 2 N–H and O–H groups in total. The van der Waals surface area contributed by atoms with Crippen molar-refractivity contribution < 1.29 is 4.74 Å². The van der Waals surface area contributed by atoms with Gasteiger partial charge in [-0.1, -0.05) is 18.8 Å². The zero-order chi connectivity index (χ0) is 16.3. The second-order valence-corrected chi connectivity index (χ2v) is 5.85. The summed E-state index contributed by atoms with van der Waals surface area (Å²) in [6, 6.07) is 8.12. The molecule has 1 heterocycles. The van der Waals surface area contributed by atoms with Gasteiger partial charge in [-0.05, 0) is 44.5 Å². The van der Waals surface area contributed by atoms with E-state index in [-0.39, 0.29) is 0 Å². The van der Waals surface area contributed by atoms with Crippen LogP contribution in [0, 0.1) is 6.92 Å². The number of aromatic nitrogens is 1. The van der Waals surface area contributed by atoms with Crippen LogP contribution in [0.15, 0.2) is 36.7 Å². The van der Waals surface area contributed by atoms with Crippen molar-refractivity contribution in [1.29, 1.82) is 0 Å². The first-order chi connectivity index (χ1) is 10.4. The van der Waals surface area contributed by atoms with E-state index in [1.165, 1.54) is 0 Å². The zero-order valence-corrected chi connectivity index (χ0v) is 14.2. The molecule has 1 aromatic carbocycles. The van der Waals surface area contributed by atoms with Gasteiger partial charge in [0.2, 0.25) is 0 Å². The summed E-state index contributed by atoms with van der Waals surface area (Å²) < 4.78 is 5.26. The molecule has 0 radical (unpaired) electrons. The van der Waals surface area contributed by atoms with E-state index in [4.69, 9.17) is 17.0 Å². The number of benzene rings is 1. The van der Waals surface area contributed by atoms with Crippen LogP contribution in [0.25, 0.3) is 10.9 Å². The van der Waals surface area contributed by atoms with E-state index in [0.717, 1.165) is 27.9 Å². The Labute approximate surface area is 136 Å². The number of hydrogen-bond acceptors (Lipinski definition) is 4. The molecule has 0 fully saturated rings. The number of nitrogens with one attached hydrogen (secondary N) is 2. The van der Waals surface area contributed by atoms with Crippen molar-refractivity contribution in [3.05, 3.63) is 47.9 Å². The van der Waals surface area contributed by atoms with E-state index in [1.54, 1.807) is 7.11 Å². The fraction of sp³-hybridized carbons (Fsp3) is 0.294. The summed E-state index contributed by atoms with van der Waals surface area (Å²) in [5.74, 6) is 1.45. The molecule has 0 aliphatic carbocycles. The van der Waals surface area contributed by atoms with Gasteiger partial charge in [0, 0.05) is 17.5 Å². The van der Waals surface area contributed by atoms with Crippen LogP contribution in [0.5, 0.6) is 5.75 Å². The molecule has 2 aromatic rings. The summed E-state index contributed by atoms with van der Waals surface area (Å²) in [5, 5.41) is 7.34. The topological polar surface area (TPSA) is 46.2 Å². The highest BCUT2D eigenvalue weighted by Crippen LogP contribution is 2.22. The van der Waals surface area contributed by atoms with Gasteiger partial charge in [-0.25, -0.2) is 4.98 Å². The van der Waals surface area contributed by atoms with Crippen LogP contribution in [0.4, 0.5) is 0 Å². The monoisotopic (exact) mass is 315 g/mol. The Hall–Kier alpha value is -2.14. The van der Waals surface area contributed by atoms with Crippen LogP contribution in [0.2, 0.25) is 0 Å². The Bertz CT molecular complexity index is 725. The molecule has 0 bridgehead atoms. The highest BCUT2D eigenvalue weighted by molar-refractivity contribution is 7.80. The maximum absolute atomic E-state index is 5.43. The quantitative estimate of drug-likeness (QED) is 0.829. The first-order valence-electron chi connectivity index (χ1n) is 7.13. The average molecular weight is 315 g/mol. The predicted octanol–water partition coefficient (Wildman–Crippen LogP) is 3.29. The average Bonchev–Trinajstić information content (AvgIpc) is 2.45. The number of rotatable bonds is 5. The molecule has 0 saturated heterocycles. The molecule has 1 aromatic heterocycles. The minimum Gasteiger partial charge on any atom is -0.497 e. The second kappa shape index (κ2) is 6.75. The molecule has 0 amide bonds. The number of thiocarbonyl (C=S) groups is 1. The lowest BCUT2D eigenvalue weighted by Crippen LogP contribution is -2.34. The standard InChI is InChI=1S/C17H21N3OS/c1-10(2)18-12(4)19-17(22)16-8-11(3)14-7-6-13(21-5)9-15(14)20-16/h6-10,18H,4H2,1-3,5H3,(H,19,22). The lowest BCUT2D eigenvalue weighted by Gasteiger charge is -2.16. The van der Waals surface area contributed by atoms with Crippen molar-refractivity contribution in [3.8, 4) is 5.75 Å². The Morgan fingerprint density at radius 1 is 1.32 bits per heavy atom. The molecule has 22 heavy (non-hydrogen) atoms. The third-order valence-electron chi connectivity index (χ3n) is 3.18. The first kappa shape index (κ1) is 16.2. The van der Waals surface area contributed by atoms with Crippen LogP contribution < -0.4 is 15.4 Å². The third kappa shape index (κ3) is 3.74.